The Labute approximate surface area is 133 Å². The lowest BCUT2D eigenvalue weighted by atomic mass is 9.40. The molecule has 0 aromatic heterocycles. The molecule has 1 aliphatic heterocycles. The summed E-state index contributed by atoms with van der Waals surface area (Å²) in [6.07, 6.45) is 11.5. The highest BCUT2D eigenvalue weighted by Gasteiger charge is 2.69. The summed E-state index contributed by atoms with van der Waals surface area (Å²) in [6.45, 7) is 7.34. The van der Waals surface area contributed by atoms with Crippen molar-refractivity contribution in [3.63, 3.8) is 0 Å². The zero-order chi connectivity index (χ0) is 15.2. The molecule has 2 heteroatoms. The van der Waals surface area contributed by atoms with Crippen LogP contribution >= 0.6 is 0 Å². The Hall–Kier alpha value is -0.790. The Morgan fingerprint density at radius 2 is 2.00 bits per heavy atom. The highest BCUT2D eigenvalue weighted by Crippen LogP contribution is 2.73. The molecule has 0 N–H and O–H groups in total. The van der Waals surface area contributed by atoms with Crippen LogP contribution in [0, 0.1) is 34.0 Å². The molecule has 1 spiro atoms. The minimum atomic E-state index is -0.190. The van der Waals surface area contributed by atoms with E-state index in [1.54, 1.807) is 0 Å². The minimum absolute atomic E-state index is 0.105. The molecule has 6 atom stereocenters. The summed E-state index contributed by atoms with van der Waals surface area (Å²) in [7, 11) is 0. The molecule has 4 saturated carbocycles. The Balaban J connectivity index is 1.61. The van der Waals surface area contributed by atoms with Gasteiger partial charge in [-0.1, -0.05) is 18.6 Å². The Morgan fingerprint density at radius 3 is 2.86 bits per heavy atom. The van der Waals surface area contributed by atoms with Crippen molar-refractivity contribution in [2.24, 2.45) is 34.0 Å². The fraction of sp³-hybridized carbons (Fsp3) is 0.850. The molecule has 22 heavy (non-hydrogen) atoms. The Bertz CT molecular complexity index is 566. The van der Waals surface area contributed by atoms with Crippen molar-refractivity contribution in [3.05, 3.63) is 12.2 Å². The molecule has 1 saturated heterocycles. The van der Waals surface area contributed by atoms with Gasteiger partial charge in [-0.05, 0) is 81.5 Å². The number of ether oxygens (including phenoxy) is 1. The van der Waals surface area contributed by atoms with E-state index in [-0.39, 0.29) is 11.4 Å². The first-order valence-corrected chi connectivity index (χ1v) is 9.35. The highest BCUT2D eigenvalue weighted by molar-refractivity contribution is 5.78. The normalized spacial score (nSPS) is 56.1. The van der Waals surface area contributed by atoms with Crippen molar-refractivity contribution in [1.29, 1.82) is 0 Å². The number of carbonyl (C=O) groups excluding carboxylic acids is 1. The minimum Gasteiger partial charge on any atom is -0.465 e. The molecule has 4 bridgehead atoms. The average molecular weight is 300 g/mol. The molecule has 120 valence electrons. The molecule has 1 heterocycles. The lowest BCUT2D eigenvalue weighted by Gasteiger charge is -2.66. The van der Waals surface area contributed by atoms with E-state index in [4.69, 9.17) is 4.74 Å². The first-order valence-electron chi connectivity index (χ1n) is 9.35. The number of hydrogen-bond acceptors (Lipinski definition) is 2. The average Bonchev–Trinajstić information content (AvgIpc) is 2.73. The van der Waals surface area contributed by atoms with Gasteiger partial charge in [-0.3, -0.25) is 4.79 Å². The lowest BCUT2D eigenvalue weighted by Crippen LogP contribution is -2.64. The zero-order valence-corrected chi connectivity index (χ0v) is 13.8. The second kappa shape index (κ2) is 3.99. The molecule has 0 unspecified atom stereocenters. The SMILES string of the molecule is C=C1C[C@@]23CC[C@H]4[C@@]5(CCC[C@]4(C)C(=O)OC5)[C@@H]2CC[C@@H]1C3. The van der Waals surface area contributed by atoms with E-state index in [1.807, 2.05) is 0 Å². The zero-order valence-electron chi connectivity index (χ0n) is 13.8. The van der Waals surface area contributed by atoms with Gasteiger partial charge >= 0.3 is 5.97 Å². The summed E-state index contributed by atoms with van der Waals surface area (Å²) >= 11 is 0. The third-order valence-corrected chi connectivity index (χ3v) is 8.72. The van der Waals surface area contributed by atoms with Gasteiger partial charge in [-0.25, -0.2) is 0 Å². The topological polar surface area (TPSA) is 26.3 Å². The van der Waals surface area contributed by atoms with E-state index < -0.39 is 0 Å². The molecule has 5 aliphatic rings. The van der Waals surface area contributed by atoms with Crippen LogP contribution in [0.3, 0.4) is 0 Å². The maximum Gasteiger partial charge on any atom is 0.312 e. The van der Waals surface area contributed by atoms with Gasteiger partial charge in [0.2, 0.25) is 0 Å². The van der Waals surface area contributed by atoms with Crippen LogP contribution in [-0.4, -0.2) is 12.6 Å². The van der Waals surface area contributed by atoms with E-state index in [0.717, 1.165) is 24.9 Å². The number of fused-ring (bicyclic) bond motifs is 1. The fourth-order valence-electron chi connectivity index (χ4n) is 7.92. The first kappa shape index (κ1) is 13.6. The second-order valence-electron chi connectivity index (χ2n) is 9.40. The molecule has 5 rings (SSSR count). The van der Waals surface area contributed by atoms with Crippen LogP contribution < -0.4 is 0 Å². The number of rotatable bonds is 0. The summed E-state index contributed by atoms with van der Waals surface area (Å²) in [4.78, 5) is 12.5. The van der Waals surface area contributed by atoms with Gasteiger partial charge in [0.15, 0.2) is 0 Å². The van der Waals surface area contributed by atoms with Crippen molar-refractivity contribution >= 4 is 5.97 Å². The van der Waals surface area contributed by atoms with Crippen molar-refractivity contribution in [2.75, 3.05) is 6.61 Å². The van der Waals surface area contributed by atoms with Crippen LogP contribution in [0.1, 0.15) is 64.7 Å². The van der Waals surface area contributed by atoms with Gasteiger partial charge in [-0.15, -0.1) is 0 Å². The van der Waals surface area contributed by atoms with Gasteiger partial charge < -0.3 is 4.74 Å². The molecule has 4 aliphatic carbocycles. The molecule has 0 amide bonds. The van der Waals surface area contributed by atoms with Crippen LogP contribution in [-0.2, 0) is 9.53 Å². The van der Waals surface area contributed by atoms with Crippen LogP contribution in [0.4, 0.5) is 0 Å². The summed E-state index contributed by atoms with van der Waals surface area (Å²) < 4.78 is 5.83. The van der Waals surface area contributed by atoms with Crippen LogP contribution in [0.2, 0.25) is 0 Å². The van der Waals surface area contributed by atoms with E-state index in [9.17, 15) is 4.79 Å². The van der Waals surface area contributed by atoms with Gasteiger partial charge in [0, 0.05) is 5.41 Å². The van der Waals surface area contributed by atoms with Crippen molar-refractivity contribution in [1.82, 2.24) is 0 Å². The maximum absolute atomic E-state index is 12.5. The molecule has 2 nitrogen and oxygen atoms in total. The van der Waals surface area contributed by atoms with E-state index in [0.29, 0.717) is 16.7 Å². The molecular weight excluding hydrogens is 272 g/mol. The first-order chi connectivity index (χ1) is 10.5. The summed E-state index contributed by atoms with van der Waals surface area (Å²) in [5.41, 5.74) is 2.15. The van der Waals surface area contributed by atoms with Crippen molar-refractivity contribution in [2.45, 2.75) is 64.7 Å². The predicted molar refractivity (Wildman–Crippen MR) is 85.1 cm³/mol. The van der Waals surface area contributed by atoms with E-state index in [1.165, 1.54) is 56.9 Å². The van der Waals surface area contributed by atoms with Gasteiger partial charge in [0.05, 0.1) is 12.0 Å². The fourth-order valence-corrected chi connectivity index (χ4v) is 7.92. The highest BCUT2D eigenvalue weighted by atomic mass is 16.5. The molecule has 0 aromatic rings. The quantitative estimate of drug-likeness (QED) is 0.486. The summed E-state index contributed by atoms with van der Waals surface area (Å²) in [5.74, 6) is 2.26. The number of carbonyl (C=O) groups is 1. The predicted octanol–water partition coefficient (Wildman–Crippen LogP) is 4.49. The number of hydrogen-bond donors (Lipinski definition) is 0. The second-order valence-corrected chi connectivity index (χ2v) is 9.40. The monoisotopic (exact) mass is 300 g/mol. The number of allylic oxidation sites excluding steroid dienone is 1. The Kier molecular flexibility index (Phi) is 2.47. The molecule has 5 fully saturated rings. The largest absolute Gasteiger partial charge is 0.465 e. The Morgan fingerprint density at radius 1 is 1.14 bits per heavy atom. The van der Waals surface area contributed by atoms with Crippen LogP contribution in [0.5, 0.6) is 0 Å². The van der Waals surface area contributed by atoms with Crippen molar-refractivity contribution < 1.29 is 9.53 Å². The van der Waals surface area contributed by atoms with Crippen LogP contribution in [0.25, 0.3) is 0 Å². The van der Waals surface area contributed by atoms with E-state index >= 15 is 0 Å². The molecular formula is C20H28O2. The number of cyclic esters (lactones) is 1. The van der Waals surface area contributed by atoms with Gasteiger partial charge in [0.1, 0.15) is 0 Å². The standard InChI is InChI=1S/C20H28O2/c1-13-10-19-9-6-15-18(2)7-3-8-20(15,12-22-17(18)21)16(19)5-4-14(13)11-19/h14-16H,1,3-12H2,2H3/t14-,15-,16-,18+,19-,20+/m1/s1. The summed E-state index contributed by atoms with van der Waals surface area (Å²) in [5, 5.41) is 0. The number of esters is 1. The molecule has 0 radical (unpaired) electrons. The van der Waals surface area contributed by atoms with Gasteiger partial charge in [0.25, 0.3) is 0 Å². The van der Waals surface area contributed by atoms with Gasteiger partial charge in [-0.2, -0.15) is 0 Å². The third-order valence-electron chi connectivity index (χ3n) is 8.72. The third kappa shape index (κ3) is 1.37. The summed E-state index contributed by atoms with van der Waals surface area (Å²) in [6, 6.07) is 0. The van der Waals surface area contributed by atoms with E-state index in [2.05, 4.69) is 13.5 Å². The maximum atomic E-state index is 12.5. The lowest BCUT2D eigenvalue weighted by molar-refractivity contribution is -0.232. The smallest absolute Gasteiger partial charge is 0.312 e. The van der Waals surface area contributed by atoms with Crippen LogP contribution in [0.15, 0.2) is 12.2 Å². The van der Waals surface area contributed by atoms with Crippen molar-refractivity contribution in [3.8, 4) is 0 Å². The molecule has 0 aromatic carbocycles.